The molecule has 6 nitrogen and oxygen atoms in total. The Balaban J connectivity index is 2.12. The van der Waals surface area contributed by atoms with Crippen LogP contribution in [0, 0.1) is 5.92 Å². The zero-order valence-corrected chi connectivity index (χ0v) is 14.4. The molecule has 2 rings (SSSR count). The summed E-state index contributed by atoms with van der Waals surface area (Å²) in [6.07, 6.45) is 0.0634. The largest absolute Gasteiger partial charge is 0.463 e. The molecule has 0 saturated carbocycles. The first-order valence-electron chi connectivity index (χ1n) is 7.68. The summed E-state index contributed by atoms with van der Waals surface area (Å²) in [5.74, 6) is -1.23. The van der Waals surface area contributed by atoms with E-state index in [1.165, 1.54) is 0 Å². The van der Waals surface area contributed by atoms with Crippen LogP contribution < -0.4 is 10.6 Å². The van der Waals surface area contributed by atoms with Crippen LogP contribution in [0.2, 0.25) is 5.02 Å². The monoisotopic (exact) mass is 352 g/mol. The minimum Gasteiger partial charge on any atom is -0.463 e. The van der Waals surface area contributed by atoms with Crippen LogP contribution >= 0.6 is 11.6 Å². The van der Waals surface area contributed by atoms with Gasteiger partial charge in [0.2, 0.25) is 0 Å². The Morgan fingerprint density at radius 1 is 1.38 bits per heavy atom. The SMILES string of the molecule is C=C1NC(=O)N[C@H](c2cccc(Cl)c2)[C@@H]1C(=O)OCCOC(C)C. The Bertz CT molecular complexity index is 633. The van der Waals surface area contributed by atoms with Crippen molar-refractivity contribution >= 4 is 23.6 Å². The summed E-state index contributed by atoms with van der Waals surface area (Å²) in [4.78, 5) is 24.2. The third-order valence-electron chi connectivity index (χ3n) is 3.51. The van der Waals surface area contributed by atoms with E-state index >= 15 is 0 Å². The van der Waals surface area contributed by atoms with E-state index in [-0.39, 0.29) is 12.7 Å². The second-order valence-electron chi connectivity index (χ2n) is 5.72. The van der Waals surface area contributed by atoms with Crippen LogP contribution in [-0.4, -0.2) is 31.3 Å². The molecule has 0 aromatic heterocycles. The molecule has 1 heterocycles. The minimum absolute atomic E-state index is 0.0634. The van der Waals surface area contributed by atoms with E-state index < -0.39 is 24.0 Å². The number of amides is 2. The zero-order valence-electron chi connectivity index (χ0n) is 13.7. The second kappa shape index (κ2) is 8.17. The Morgan fingerprint density at radius 3 is 2.79 bits per heavy atom. The molecule has 2 amide bonds. The Morgan fingerprint density at radius 2 is 2.12 bits per heavy atom. The molecule has 1 aromatic carbocycles. The first-order chi connectivity index (χ1) is 11.4. The van der Waals surface area contributed by atoms with Crippen LogP contribution in [-0.2, 0) is 14.3 Å². The smallest absolute Gasteiger partial charge is 0.319 e. The lowest BCUT2D eigenvalue weighted by Gasteiger charge is -2.33. The molecule has 1 aromatic rings. The van der Waals surface area contributed by atoms with E-state index in [0.717, 1.165) is 0 Å². The highest BCUT2D eigenvalue weighted by Gasteiger charge is 2.38. The van der Waals surface area contributed by atoms with Crippen molar-refractivity contribution in [3.63, 3.8) is 0 Å². The lowest BCUT2D eigenvalue weighted by molar-refractivity contribution is -0.150. The molecule has 0 radical (unpaired) electrons. The van der Waals surface area contributed by atoms with Crippen LogP contribution in [0.4, 0.5) is 4.79 Å². The fraction of sp³-hybridized carbons (Fsp3) is 0.412. The molecule has 1 saturated heterocycles. The average molecular weight is 353 g/mol. The lowest BCUT2D eigenvalue weighted by Crippen LogP contribution is -2.51. The van der Waals surface area contributed by atoms with Gasteiger partial charge in [-0.15, -0.1) is 0 Å². The molecule has 7 heteroatoms. The molecule has 1 fully saturated rings. The number of carbonyl (C=O) groups excluding carboxylic acids is 2. The highest BCUT2D eigenvalue weighted by molar-refractivity contribution is 6.30. The van der Waals surface area contributed by atoms with Gasteiger partial charge in [0.05, 0.1) is 18.8 Å². The van der Waals surface area contributed by atoms with Crippen LogP contribution in [0.25, 0.3) is 0 Å². The summed E-state index contributed by atoms with van der Waals surface area (Å²) < 4.78 is 10.6. The van der Waals surface area contributed by atoms with Gasteiger partial charge >= 0.3 is 12.0 Å². The van der Waals surface area contributed by atoms with Crippen LogP contribution in [0.15, 0.2) is 36.5 Å². The summed E-state index contributed by atoms with van der Waals surface area (Å²) in [7, 11) is 0. The van der Waals surface area contributed by atoms with Gasteiger partial charge in [0.25, 0.3) is 0 Å². The Kier molecular flexibility index (Phi) is 6.23. The number of hydrogen-bond acceptors (Lipinski definition) is 4. The number of ether oxygens (including phenoxy) is 2. The van der Waals surface area contributed by atoms with E-state index in [1.54, 1.807) is 24.3 Å². The molecule has 0 spiro atoms. The van der Waals surface area contributed by atoms with Gasteiger partial charge in [-0.05, 0) is 31.5 Å². The van der Waals surface area contributed by atoms with E-state index in [9.17, 15) is 9.59 Å². The molecule has 2 N–H and O–H groups in total. The molecule has 0 aliphatic carbocycles. The minimum atomic E-state index is -0.750. The summed E-state index contributed by atoms with van der Waals surface area (Å²) >= 11 is 6.01. The third kappa shape index (κ3) is 4.72. The van der Waals surface area contributed by atoms with Gasteiger partial charge < -0.3 is 20.1 Å². The fourth-order valence-corrected chi connectivity index (χ4v) is 2.65. The third-order valence-corrected chi connectivity index (χ3v) is 3.75. The van der Waals surface area contributed by atoms with Crippen molar-refractivity contribution in [2.45, 2.75) is 26.0 Å². The van der Waals surface area contributed by atoms with Crippen molar-refractivity contribution in [3.05, 3.63) is 47.1 Å². The molecular formula is C17H21ClN2O4. The summed E-state index contributed by atoms with van der Waals surface area (Å²) in [5, 5.41) is 5.77. The highest BCUT2D eigenvalue weighted by atomic mass is 35.5. The predicted molar refractivity (Wildman–Crippen MR) is 90.5 cm³/mol. The van der Waals surface area contributed by atoms with Crippen molar-refractivity contribution < 1.29 is 19.1 Å². The molecular weight excluding hydrogens is 332 g/mol. The topological polar surface area (TPSA) is 76.7 Å². The molecule has 24 heavy (non-hydrogen) atoms. The van der Waals surface area contributed by atoms with Crippen LogP contribution in [0.5, 0.6) is 0 Å². The van der Waals surface area contributed by atoms with Crippen molar-refractivity contribution in [1.29, 1.82) is 0 Å². The summed E-state index contributed by atoms with van der Waals surface area (Å²) in [6.45, 7) is 8.03. The standard InChI is InChI=1S/C17H21ClN2O4/c1-10(2)23-7-8-24-16(21)14-11(3)19-17(22)20-15(14)12-5-4-6-13(18)9-12/h4-6,9-10,14-15H,3,7-8H2,1-2H3,(H2,19,20,22)/t14-,15-/m1/s1. The first kappa shape index (κ1) is 18.3. The molecule has 1 aliphatic heterocycles. The second-order valence-corrected chi connectivity index (χ2v) is 6.16. The number of hydrogen-bond donors (Lipinski definition) is 2. The number of benzene rings is 1. The molecule has 1 aliphatic rings. The summed E-state index contributed by atoms with van der Waals surface area (Å²) in [6, 6.07) is 5.96. The maximum absolute atomic E-state index is 12.5. The van der Waals surface area contributed by atoms with E-state index in [0.29, 0.717) is 22.9 Å². The highest BCUT2D eigenvalue weighted by Crippen LogP contribution is 2.31. The zero-order chi connectivity index (χ0) is 17.7. The summed E-state index contributed by atoms with van der Waals surface area (Å²) in [5.41, 5.74) is 0.998. The van der Waals surface area contributed by atoms with Crippen LogP contribution in [0.1, 0.15) is 25.5 Å². The number of esters is 1. The number of rotatable bonds is 6. The van der Waals surface area contributed by atoms with Gasteiger partial charge in [0.1, 0.15) is 12.5 Å². The maximum Gasteiger partial charge on any atom is 0.319 e. The van der Waals surface area contributed by atoms with Gasteiger partial charge in [0, 0.05) is 10.7 Å². The Labute approximate surface area is 146 Å². The molecule has 0 unspecified atom stereocenters. The average Bonchev–Trinajstić information content (AvgIpc) is 2.50. The van der Waals surface area contributed by atoms with E-state index in [2.05, 4.69) is 17.2 Å². The lowest BCUT2D eigenvalue weighted by atomic mass is 9.89. The van der Waals surface area contributed by atoms with Gasteiger partial charge in [0.15, 0.2) is 0 Å². The van der Waals surface area contributed by atoms with E-state index in [1.807, 2.05) is 13.8 Å². The van der Waals surface area contributed by atoms with Crippen LogP contribution in [0.3, 0.4) is 0 Å². The predicted octanol–water partition coefficient (Wildman–Crippen LogP) is 2.79. The Hall–Kier alpha value is -2.05. The number of carbonyl (C=O) groups is 2. The quantitative estimate of drug-likeness (QED) is 0.609. The van der Waals surface area contributed by atoms with Gasteiger partial charge in [-0.2, -0.15) is 0 Å². The van der Waals surface area contributed by atoms with Gasteiger partial charge in [-0.3, -0.25) is 4.79 Å². The normalized spacial score (nSPS) is 20.5. The van der Waals surface area contributed by atoms with Gasteiger partial charge in [-0.1, -0.05) is 30.3 Å². The van der Waals surface area contributed by atoms with E-state index in [4.69, 9.17) is 21.1 Å². The fourth-order valence-electron chi connectivity index (χ4n) is 2.46. The van der Waals surface area contributed by atoms with Crippen molar-refractivity contribution in [2.75, 3.05) is 13.2 Å². The first-order valence-corrected chi connectivity index (χ1v) is 8.06. The number of urea groups is 1. The molecule has 0 bridgehead atoms. The number of nitrogens with one attached hydrogen (secondary N) is 2. The van der Waals surface area contributed by atoms with Crippen molar-refractivity contribution in [1.82, 2.24) is 10.6 Å². The number of halogens is 1. The molecule has 130 valence electrons. The van der Waals surface area contributed by atoms with Crippen molar-refractivity contribution in [3.8, 4) is 0 Å². The van der Waals surface area contributed by atoms with Gasteiger partial charge in [-0.25, -0.2) is 4.79 Å². The van der Waals surface area contributed by atoms with Crippen molar-refractivity contribution in [2.24, 2.45) is 5.92 Å². The molecule has 2 atom stereocenters. The maximum atomic E-state index is 12.5.